The SMILES string of the molecule is CC1(C)N=C(N)N=C(N)N1c1ccc(Cl)c(C(F)(F)F)c1.Cl. The molecule has 0 bridgehead atoms. The van der Waals surface area contributed by atoms with E-state index in [1.807, 2.05) is 0 Å². The summed E-state index contributed by atoms with van der Waals surface area (Å²) < 4.78 is 38.8. The summed E-state index contributed by atoms with van der Waals surface area (Å²) in [5.74, 6) is -0.0679. The molecular formula is C12H14Cl2F3N5. The number of anilines is 1. The predicted molar refractivity (Wildman–Crippen MR) is 83.5 cm³/mol. The van der Waals surface area contributed by atoms with Crippen LogP contribution in [0.5, 0.6) is 0 Å². The Labute approximate surface area is 136 Å². The Morgan fingerprint density at radius 2 is 1.82 bits per heavy atom. The molecule has 0 atom stereocenters. The molecule has 0 amide bonds. The van der Waals surface area contributed by atoms with Gasteiger partial charge in [0.2, 0.25) is 11.9 Å². The molecule has 0 fully saturated rings. The molecule has 2 rings (SSSR count). The summed E-state index contributed by atoms with van der Waals surface area (Å²) in [6.45, 7) is 3.31. The van der Waals surface area contributed by atoms with Crippen LogP contribution in [0.1, 0.15) is 19.4 Å². The zero-order valence-corrected chi connectivity index (χ0v) is 13.2. The van der Waals surface area contributed by atoms with Crippen molar-refractivity contribution < 1.29 is 13.2 Å². The number of hydrogen-bond donors (Lipinski definition) is 2. The number of hydrogen-bond acceptors (Lipinski definition) is 5. The summed E-state index contributed by atoms with van der Waals surface area (Å²) in [7, 11) is 0. The lowest BCUT2D eigenvalue weighted by Gasteiger charge is -2.38. The average Bonchev–Trinajstić information content (AvgIpc) is 2.27. The third-order valence-electron chi connectivity index (χ3n) is 2.91. The van der Waals surface area contributed by atoms with E-state index in [0.29, 0.717) is 0 Å². The molecule has 5 nitrogen and oxygen atoms in total. The van der Waals surface area contributed by atoms with Gasteiger partial charge in [-0.05, 0) is 32.0 Å². The van der Waals surface area contributed by atoms with E-state index in [9.17, 15) is 13.2 Å². The van der Waals surface area contributed by atoms with Crippen molar-refractivity contribution in [1.29, 1.82) is 0 Å². The van der Waals surface area contributed by atoms with Crippen LogP contribution in [0.3, 0.4) is 0 Å². The lowest BCUT2D eigenvalue weighted by atomic mass is 10.1. The molecule has 1 aromatic carbocycles. The number of alkyl halides is 3. The van der Waals surface area contributed by atoms with E-state index in [0.717, 1.165) is 12.1 Å². The summed E-state index contributed by atoms with van der Waals surface area (Å²) in [6.07, 6.45) is -4.57. The molecule has 1 aliphatic rings. The third-order valence-corrected chi connectivity index (χ3v) is 3.24. The summed E-state index contributed by atoms with van der Waals surface area (Å²) in [5.41, 5.74) is 9.55. The van der Waals surface area contributed by atoms with E-state index in [-0.39, 0.29) is 35.0 Å². The van der Waals surface area contributed by atoms with Gasteiger partial charge in [-0.1, -0.05) is 11.6 Å². The highest BCUT2D eigenvalue weighted by Gasteiger charge is 2.37. The van der Waals surface area contributed by atoms with Gasteiger partial charge in [0.25, 0.3) is 0 Å². The molecule has 1 aliphatic heterocycles. The largest absolute Gasteiger partial charge is 0.417 e. The van der Waals surface area contributed by atoms with Crippen LogP contribution >= 0.6 is 24.0 Å². The molecule has 0 radical (unpaired) electrons. The van der Waals surface area contributed by atoms with Gasteiger partial charge in [-0.2, -0.15) is 18.2 Å². The summed E-state index contributed by atoms with van der Waals surface area (Å²) in [6, 6.07) is 3.48. The lowest BCUT2D eigenvalue weighted by Crippen LogP contribution is -2.54. The summed E-state index contributed by atoms with van der Waals surface area (Å²) >= 11 is 5.60. The molecular weight excluding hydrogens is 342 g/mol. The van der Waals surface area contributed by atoms with Crippen molar-refractivity contribution >= 4 is 41.6 Å². The Hall–Kier alpha value is -1.67. The molecule has 0 spiro atoms. The van der Waals surface area contributed by atoms with E-state index in [4.69, 9.17) is 23.1 Å². The van der Waals surface area contributed by atoms with E-state index in [1.165, 1.54) is 11.0 Å². The maximum Gasteiger partial charge on any atom is 0.417 e. The average molecular weight is 356 g/mol. The number of halogens is 5. The first-order valence-corrected chi connectivity index (χ1v) is 6.26. The Balaban J connectivity index is 0.00000242. The highest BCUT2D eigenvalue weighted by atomic mass is 35.5. The van der Waals surface area contributed by atoms with Crippen LogP contribution < -0.4 is 16.4 Å². The molecule has 0 saturated heterocycles. The first-order valence-electron chi connectivity index (χ1n) is 5.89. The maximum atomic E-state index is 12.9. The van der Waals surface area contributed by atoms with Crippen molar-refractivity contribution in [3.05, 3.63) is 28.8 Å². The van der Waals surface area contributed by atoms with Gasteiger partial charge >= 0.3 is 6.18 Å². The fourth-order valence-electron chi connectivity index (χ4n) is 2.12. The van der Waals surface area contributed by atoms with Crippen LogP contribution in [-0.2, 0) is 6.18 Å². The summed E-state index contributed by atoms with van der Waals surface area (Å²) in [5, 5.41) is -0.389. The van der Waals surface area contributed by atoms with Crippen LogP contribution in [0.2, 0.25) is 5.02 Å². The normalized spacial score (nSPS) is 17.5. The number of benzene rings is 1. The number of nitrogens with two attached hydrogens (primary N) is 2. The van der Waals surface area contributed by atoms with Gasteiger partial charge in [0.15, 0.2) is 0 Å². The van der Waals surface area contributed by atoms with Gasteiger partial charge in [-0.25, -0.2) is 4.99 Å². The monoisotopic (exact) mass is 355 g/mol. The van der Waals surface area contributed by atoms with Crippen LogP contribution in [0, 0.1) is 0 Å². The molecule has 0 aliphatic carbocycles. The molecule has 1 aromatic rings. The standard InChI is InChI=1S/C12H13ClF3N5.ClH/c1-11(2)20-9(17)19-10(18)21(11)6-3-4-8(13)7(5-6)12(14,15)16;/h3-5H,1-2H3,(H4,17,18,19,20);1H. The van der Waals surface area contributed by atoms with Crippen molar-refractivity contribution in [2.24, 2.45) is 21.5 Å². The smallest absolute Gasteiger partial charge is 0.369 e. The predicted octanol–water partition coefficient (Wildman–Crippen LogP) is 2.97. The van der Waals surface area contributed by atoms with Crippen molar-refractivity contribution in [3.63, 3.8) is 0 Å². The number of guanidine groups is 2. The Bertz CT molecular complexity index is 640. The molecule has 1 heterocycles. The van der Waals surface area contributed by atoms with Crippen LogP contribution in [0.15, 0.2) is 28.2 Å². The minimum absolute atomic E-state index is 0. The molecule has 0 aromatic heterocycles. The quantitative estimate of drug-likeness (QED) is 0.812. The van der Waals surface area contributed by atoms with Gasteiger partial charge < -0.3 is 11.5 Å². The maximum absolute atomic E-state index is 12.9. The van der Waals surface area contributed by atoms with Gasteiger partial charge in [0.1, 0.15) is 5.66 Å². The fourth-order valence-corrected chi connectivity index (χ4v) is 2.35. The lowest BCUT2D eigenvalue weighted by molar-refractivity contribution is -0.137. The van der Waals surface area contributed by atoms with Crippen molar-refractivity contribution in [1.82, 2.24) is 0 Å². The topological polar surface area (TPSA) is 80.0 Å². The molecule has 10 heteroatoms. The van der Waals surface area contributed by atoms with Gasteiger partial charge in [0, 0.05) is 5.69 Å². The molecule has 0 saturated carbocycles. The first kappa shape index (κ1) is 18.4. The molecule has 122 valence electrons. The van der Waals surface area contributed by atoms with Crippen molar-refractivity contribution in [3.8, 4) is 0 Å². The zero-order chi connectivity index (χ0) is 16.0. The van der Waals surface area contributed by atoms with E-state index >= 15 is 0 Å². The Morgan fingerprint density at radius 3 is 2.32 bits per heavy atom. The van der Waals surface area contributed by atoms with Crippen LogP contribution in [0.25, 0.3) is 0 Å². The number of nitrogens with zero attached hydrogens (tertiary/aromatic N) is 3. The first-order chi connectivity index (χ1) is 9.52. The number of aliphatic imine (C=N–C) groups is 2. The highest BCUT2D eigenvalue weighted by Crippen LogP contribution is 2.38. The van der Waals surface area contributed by atoms with E-state index < -0.39 is 17.4 Å². The summed E-state index contributed by atoms with van der Waals surface area (Å²) in [4.78, 5) is 9.22. The van der Waals surface area contributed by atoms with Crippen molar-refractivity contribution in [2.45, 2.75) is 25.7 Å². The minimum Gasteiger partial charge on any atom is -0.369 e. The van der Waals surface area contributed by atoms with Crippen molar-refractivity contribution in [2.75, 3.05) is 4.90 Å². The highest BCUT2D eigenvalue weighted by molar-refractivity contribution is 6.31. The van der Waals surface area contributed by atoms with E-state index in [1.54, 1.807) is 13.8 Å². The van der Waals surface area contributed by atoms with Crippen LogP contribution in [0.4, 0.5) is 18.9 Å². The van der Waals surface area contributed by atoms with Crippen LogP contribution in [-0.4, -0.2) is 17.6 Å². The van der Waals surface area contributed by atoms with Gasteiger partial charge in [0.05, 0.1) is 10.6 Å². The molecule has 22 heavy (non-hydrogen) atoms. The molecule has 4 N–H and O–H groups in total. The number of rotatable bonds is 1. The Kier molecular flexibility index (Phi) is 4.88. The third kappa shape index (κ3) is 3.38. The second-order valence-corrected chi connectivity index (χ2v) is 5.34. The molecule has 0 unspecified atom stereocenters. The van der Waals surface area contributed by atoms with E-state index in [2.05, 4.69) is 9.98 Å². The zero-order valence-electron chi connectivity index (χ0n) is 11.6. The Morgan fingerprint density at radius 1 is 1.23 bits per heavy atom. The minimum atomic E-state index is -4.57. The second-order valence-electron chi connectivity index (χ2n) is 4.93. The van der Waals surface area contributed by atoms with Gasteiger partial charge in [-0.15, -0.1) is 12.4 Å². The second kappa shape index (κ2) is 5.85. The fraction of sp³-hybridized carbons (Fsp3) is 0.333. The van der Waals surface area contributed by atoms with Gasteiger partial charge in [-0.3, -0.25) is 4.90 Å².